The van der Waals surface area contributed by atoms with Crippen LogP contribution >= 0.6 is 0 Å². The Morgan fingerprint density at radius 1 is 0.844 bits per heavy atom. The summed E-state index contributed by atoms with van der Waals surface area (Å²) in [6.45, 7) is 4.28. The van der Waals surface area contributed by atoms with Gasteiger partial charge in [0.15, 0.2) is 0 Å². The van der Waals surface area contributed by atoms with Crippen molar-refractivity contribution >= 4 is 27.3 Å². The summed E-state index contributed by atoms with van der Waals surface area (Å²) in [5.41, 5.74) is 2.88. The van der Waals surface area contributed by atoms with Gasteiger partial charge in [-0.15, -0.1) is 0 Å². The number of carbonyl (C=O) groups is 1. The molecule has 166 valence electrons. The van der Waals surface area contributed by atoms with Crippen LogP contribution in [0.2, 0.25) is 0 Å². The molecule has 3 aromatic carbocycles. The van der Waals surface area contributed by atoms with Crippen molar-refractivity contribution in [2.24, 2.45) is 0 Å². The average molecular weight is 454 g/mol. The summed E-state index contributed by atoms with van der Waals surface area (Å²) in [6, 6.07) is 19.4. The molecule has 0 unspecified atom stereocenters. The Kier molecular flexibility index (Phi) is 6.14. The third-order valence-corrected chi connectivity index (χ3v) is 6.87. The van der Waals surface area contributed by atoms with Crippen LogP contribution in [0.15, 0.2) is 77.7 Å². The van der Waals surface area contributed by atoms with Crippen LogP contribution in [-0.4, -0.2) is 45.4 Å². The molecule has 1 aliphatic heterocycles. The molecule has 1 amide bonds. The van der Waals surface area contributed by atoms with E-state index in [-0.39, 0.29) is 16.6 Å². The monoisotopic (exact) mass is 453 g/mol. The molecule has 0 bridgehead atoms. The summed E-state index contributed by atoms with van der Waals surface area (Å²) in [6.07, 6.45) is 0. The second-order valence-corrected chi connectivity index (χ2v) is 9.43. The fraction of sp³-hybridized carbons (Fsp3) is 0.208. The van der Waals surface area contributed by atoms with Gasteiger partial charge in [-0.1, -0.05) is 17.7 Å². The summed E-state index contributed by atoms with van der Waals surface area (Å²) >= 11 is 0. The second kappa shape index (κ2) is 9.00. The number of sulfonamides is 1. The van der Waals surface area contributed by atoms with Gasteiger partial charge >= 0.3 is 0 Å². The minimum atomic E-state index is -3.74. The molecule has 6 nitrogen and oxygen atoms in total. The molecular formula is C24H24FN3O3S. The molecule has 1 aliphatic rings. The molecule has 32 heavy (non-hydrogen) atoms. The van der Waals surface area contributed by atoms with E-state index in [2.05, 4.69) is 9.62 Å². The van der Waals surface area contributed by atoms with Crippen molar-refractivity contribution in [3.05, 3.63) is 89.7 Å². The van der Waals surface area contributed by atoms with E-state index in [1.165, 1.54) is 24.3 Å². The number of hydrogen-bond donors (Lipinski definition) is 1. The van der Waals surface area contributed by atoms with Gasteiger partial charge in [-0.3, -0.25) is 9.52 Å². The summed E-state index contributed by atoms with van der Waals surface area (Å²) < 4.78 is 40.9. The molecule has 0 spiro atoms. The van der Waals surface area contributed by atoms with Crippen molar-refractivity contribution in [3.8, 4) is 0 Å². The Labute approximate surface area is 187 Å². The third kappa shape index (κ3) is 4.91. The van der Waals surface area contributed by atoms with Crippen molar-refractivity contribution in [2.75, 3.05) is 35.8 Å². The van der Waals surface area contributed by atoms with Gasteiger partial charge in [-0.25, -0.2) is 12.8 Å². The molecule has 1 fully saturated rings. The second-order valence-electron chi connectivity index (χ2n) is 7.75. The minimum absolute atomic E-state index is 0.0933. The first-order chi connectivity index (χ1) is 15.3. The van der Waals surface area contributed by atoms with Gasteiger partial charge in [0.25, 0.3) is 15.9 Å². The smallest absolute Gasteiger partial charge is 0.261 e. The fourth-order valence-electron chi connectivity index (χ4n) is 3.61. The predicted octanol–water partition coefficient (Wildman–Crippen LogP) is 3.90. The van der Waals surface area contributed by atoms with Crippen molar-refractivity contribution in [2.45, 2.75) is 11.8 Å². The molecule has 0 aliphatic carbocycles. The summed E-state index contributed by atoms with van der Waals surface area (Å²) in [4.78, 5) is 16.8. The Morgan fingerprint density at radius 3 is 2.03 bits per heavy atom. The number of aryl methyl sites for hydroxylation is 1. The Bertz CT molecular complexity index is 1190. The van der Waals surface area contributed by atoms with Crippen LogP contribution in [-0.2, 0) is 10.0 Å². The highest BCUT2D eigenvalue weighted by Crippen LogP contribution is 2.20. The highest BCUT2D eigenvalue weighted by Gasteiger charge is 2.23. The molecule has 1 saturated heterocycles. The lowest BCUT2D eigenvalue weighted by Gasteiger charge is -2.36. The number of amides is 1. The van der Waals surface area contributed by atoms with Crippen LogP contribution in [0.25, 0.3) is 0 Å². The lowest BCUT2D eigenvalue weighted by atomic mass is 10.1. The van der Waals surface area contributed by atoms with E-state index in [9.17, 15) is 17.6 Å². The molecule has 1 heterocycles. The Morgan fingerprint density at radius 2 is 1.44 bits per heavy atom. The number of rotatable bonds is 5. The lowest BCUT2D eigenvalue weighted by molar-refractivity contribution is 0.0746. The highest BCUT2D eigenvalue weighted by atomic mass is 32.2. The predicted molar refractivity (Wildman–Crippen MR) is 123 cm³/mol. The van der Waals surface area contributed by atoms with E-state index in [0.717, 1.165) is 11.3 Å². The van der Waals surface area contributed by atoms with Crippen LogP contribution in [0, 0.1) is 12.7 Å². The first-order valence-electron chi connectivity index (χ1n) is 10.3. The van der Waals surface area contributed by atoms with E-state index in [1.54, 1.807) is 41.3 Å². The summed E-state index contributed by atoms with van der Waals surface area (Å²) in [7, 11) is -3.74. The van der Waals surface area contributed by atoms with Crippen molar-refractivity contribution in [3.63, 3.8) is 0 Å². The number of piperazine rings is 1. The number of carbonyl (C=O) groups excluding carboxylic acids is 1. The van der Waals surface area contributed by atoms with Gasteiger partial charge in [0.05, 0.1) is 4.90 Å². The normalized spacial score (nSPS) is 14.3. The van der Waals surface area contributed by atoms with Crippen molar-refractivity contribution in [1.82, 2.24) is 4.90 Å². The zero-order valence-corrected chi connectivity index (χ0v) is 18.5. The Hall–Kier alpha value is -3.39. The highest BCUT2D eigenvalue weighted by molar-refractivity contribution is 7.92. The average Bonchev–Trinajstić information content (AvgIpc) is 2.81. The fourth-order valence-corrected chi connectivity index (χ4v) is 4.67. The van der Waals surface area contributed by atoms with E-state index >= 15 is 0 Å². The zero-order valence-electron chi connectivity index (χ0n) is 17.7. The van der Waals surface area contributed by atoms with Crippen LogP contribution in [0.3, 0.4) is 0 Å². The van der Waals surface area contributed by atoms with Crippen molar-refractivity contribution in [1.29, 1.82) is 0 Å². The van der Waals surface area contributed by atoms with E-state index in [1.807, 2.05) is 19.1 Å². The maximum Gasteiger partial charge on any atom is 0.261 e. The molecule has 1 N–H and O–H groups in total. The Balaban J connectivity index is 1.39. The minimum Gasteiger partial charge on any atom is -0.368 e. The third-order valence-electron chi connectivity index (χ3n) is 5.47. The van der Waals surface area contributed by atoms with Crippen LogP contribution in [0.4, 0.5) is 15.8 Å². The quantitative estimate of drug-likeness (QED) is 0.636. The van der Waals surface area contributed by atoms with Gasteiger partial charge < -0.3 is 9.80 Å². The van der Waals surface area contributed by atoms with Crippen LogP contribution < -0.4 is 9.62 Å². The van der Waals surface area contributed by atoms with Crippen LogP contribution in [0.1, 0.15) is 15.9 Å². The van der Waals surface area contributed by atoms with Gasteiger partial charge in [-0.05, 0) is 67.6 Å². The molecule has 4 rings (SSSR count). The molecule has 0 radical (unpaired) electrons. The van der Waals surface area contributed by atoms with Gasteiger partial charge in [0.2, 0.25) is 0 Å². The number of nitrogens with zero attached hydrogens (tertiary/aromatic N) is 2. The van der Waals surface area contributed by atoms with E-state index in [4.69, 9.17) is 0 Å². The zero-order chi connectivity index (χ0) is 22.7. The van der Waals surface area contributed by atoms with E-state index < -0.39 is 10.0 Å². The summed E-state index contributed by atoms with van der Waals surface area (Å²) in [5, 5.41) is 0. The van der Waals surface area contributed by atoms with Gasteiger partial charge in [0.1, 0.15) is 5.82 Å². The molecule has 3 aromatic rings. The number of hydrogen-bond acceptors (Lipinski definition) is 4. The molecule has 0 aromatic heterocycles. The SMILES string of the molecule is Cc1ccc(NS(=O)(=O)c2ccc(C(=O)N3CCN(c4ccc(F)cc4)CC3)cc2)cc1. The maximum atomic E-state index is 13.1. The topological polar surface area (TPSA) is 69.7 Å². The number of benzene rings is 3. The summed E-state index contributed by atoms with van der Waals surface area (Å²) in [5.74, 6) is -0.415. The maximum absolute atomic E-state index is 13.1. The number of nitrogens with one attached hydrogen (secondary N) is 1. The lowest BCUT2D eigenvalue weighted by Crippen LogP contribution is -2.48. The van der Waals surface area contributed by atoms with Crippen molar-refractivity contribution < 1.29 is 17.6 Å². The first kappa shape index (κ1) is 21.8. The van der Waals surface area contributed by atoms with E-state index in [0.29, 0.717) is 37.4 Å². The van der Waals surface area contributed by atoms with Crippen LogP contribution in [0.5, 0.6) is 0 Å². The molecule has 0 atom stereocenters. The van der Waals surface area contributed by atoms with Gasteiger partial charge in [0, 0.05) is 43.1 Å². The number of anilines is 2. The molecule has 0 saturated carbocycles. The van der Waals surface area contributed by atoms with Gasteiger partial charge in [-0.2, -0.15) is 0 Å². The molecule has 8 heteroatoms. The molecular weight excluding hydrogens is 429 g/mol. The number of halogens is 1. The standard InChI is InChI=1S/C24H24FN3O3S/c1-18-2-8-21(9-3-18)26-32(30,31)23-12-4-19(5-13-23)24(29)28-16-14-27(15-17-28)22-10-6-20(25)7-11-22/h2-13,26H,14-17H2,1H3. The largest absolute Gasteiger partial charge is 0.368 e. The first-order valence-corrected chi connectivity index (χ1v) is 11.8.